The summed E-state index contributed by atoms with van der Waals surface area (Å²) in [5, 5.41) is 0. The van der Waals surface area contributed by atoms with E-state index in [1.165, 1.54) is 11.1 Å². The van der Waals surface area contributed by atoms with Crippen molar-refractivity contribution in [2.45, 2.75) is 64.0 Å². The first-order valence-electron chi connectivity index (χ1n) is 9.72. The number of likely N-dealkylation sites (tertiary alicyclic amines) is 2. The molecule has 138 valence electrons. The topological polar surface area (TPSA) is 23.6 Å². The zero-order valence-electron chi connectivity index (χ0n) is 15.6. The molecule has 3 rings (SSSR count). The van der Waals surface area contributed by atoms with E-state index in [9.17, 15) is 9.18 Å². The number of alkyl halides is 1. The van der Waals surface area contributed by atoms with E-state index in [2.05, 4.69) is 43.0 Å². The SMILES string of the molecule is CC(C)c1ccc(CN2CCC[C@]3(CCC(=O)N3CCF)CC2)cc1. The van der Waals surface area contributed by atoms with Gasteiger partial charge in [0.1, 0.15) is 6.67 Å². The van der Waals surface area contributed by atoms with Crippen LogP contribution in [0.15, 0.2) is 24.3 Å². The van der Waals surface area contributed by atoms with Gasteiger partial charge in [-0.15, -0.1) is 0 Å². The molecule has 1 amide bonds. The van der Waals surface area contributed by atoms with Crippen LogP contribution in [0, 0.1) is 0 Å². The van der Waals surface area contributed by atoms with Crippen molar-refractivity contribution in [2.24, 2.45) is 0 Å². The second-order valence-electron chi connectivity index (χ2n) is 7.98. The Morgan fingerprint density at radius 2 is 1.88 bits per heavy atom. The van der Waals surface area contributed by atoms with Gasteiger partial charge in [0.05, 0.1) is 0 Å². The van der Waals surface area contributed by atoms with Crippen LogP contribution in [-0.4, -0.2) is 47.6 Å². The Balaban J connectivity index is 1.62. The number of carbonyl (C=O) groups excluding carboxylic acids is 1. The van der Waals surface area contributed by atoms with E-state index >= 15 is 0 Å². The summed E-state index contributed by atoms with van der Waals surface area (Å²) in [5.41, 5.74) is 2.65. The molecule has 2 heterocycles. The minimum Gasteiger partial charge on any atom is -0.334 e. The predicted molar refractivity (Wildman–Crippen MR) is 99.3 cm³/mol. The molecule has 0 radical (unpaired) electrons. The molecule has 1 spiro atoms. The number of hydrogen-bond acceptors (Lipinski definition) is 2. The first-order chi connectivity index (χ1) is 12.0. The molecule has 2 saturated heterocycles. The molecule has 0 N–H and O–H groups in total. The van der Waals surface area contributed by atoms with E-state index in [4.69, 9.17) is 0 Å². The molecule has 0 bridgehead atoms. The second-order valence-corrected chi connectivity index (χ2v) is 7.98. The van der Waals surface area contributed by atoms with Gasteiger partial charge in [-0.3, -0.25) is 9.69 Å². The van der Waals surface area contributed by atoms with Gasteiger partial charge in [-0.2, -0.15) is 0 Å². The Kier molecular flexibility index (Phi) is 5.78. The Labute approximate surface area is 151 Å². The third-order valence-electron chi connectivity index (χ3n) is 6.05. The van der Waals surface area contributed by atoms with Crippen molar-refractivity contribution in [1.29, 1.82) is 0 Å². The van der Waals surface area contributed by atoms with Crippen LogP contribution < -0.4 is 0 Å². The van der Waals surface area contributed by atoms with Crippen LogP contribution in [0.3, 0.4) is 0 Å². The van der Waals surface area contributed by atoms with E-state index in [-0.39, 0.29) is 18.0 Å². The van der Waals surface area contributed by atoms with E-state index in [0.29, 0.717) is 12.3 Å². The summed E-state index contributed by atoms with van der Waals surface area (Å²) in [7, 11) is 0. The monoisotopic (exact) mass is 346 g/mol. The minimum absolute atomic E-state index is 0.0839. The summed E-state index contributed by atoms with van der Waals surface area (Å²) in [5.74, 6) is 0.712. The third kappa shape index (κ3) is 4.05. The number of halogens is 1. The number of carbonyl (C=O) groups is 1. The number of rotatable bonds is 5. The standard InChI is InChI=1S/C21H31FN2O/c1-17(2)19-6-4-18(5-7-19)16-23-13-3-9-21(11-14-23)10-8-20(25)24(21)15-12-22/h4-7,17H,3,8-16H2,1-2H3/t21-/m0/s1. The fourth-order valence-corrected chi connectivity index (χ4v) is 4.50. The summed E-state index contributed by atoms with van der Waals surface area (Å²) in [4.78, 5) is 16.5. The molecule has 0 saturated carbocycles. The lowest BCUT2D eigenvalue weighted by Gasteiger charge is -2.37. The van der Waals surface area contributed by atoms with Crippen molar-refractivity contribution in [3.05, 3.63) is 35.4 Å². The highest BCUT2D eigenvalue weighted by Gasteiger charge is 2.45. The smallest absolute Gasteiger partial charge is 0.223 e. The number of benzene rings is 1. The molecule has 0 unspecified atom stereocenters. The molecule has 2 aliphatic rings. The maximum Gasteiger partial charge on any atom is 0.223 e. The van der Waals surface area contributed by atoms with Crippen LogP contribution in [0.5, 0.6) is 0 Å². The van der Waals surface area contributed by atoms with Crippen LogP contribution in [0.25, 0.3) is 0 Å². The summed E-state index contributed by atoms with van der Waals surface area (Å²) in [6.07, 6.45) is 4.57. The average molecular weight is 346 g/mol. The molecule has 2 aliphatic heterocycles. The number of hydrogen-bond donors (Lipinski definition) is 0. The predicted octanol–water partition coefficient (Wildman–Crippen LogP) is 4.13. The van der Waals surface area contributed by atoms with E-state index in [1.54, 1.807) is 0 Å². The average Bonchev–Trinajstić information content (AvgIpc) is 2.78. The van der Waals surface area contributed by atoms with Crippen molar-refractivity contribution in [2.75, 3.05) is 26.3 Å². The third-order valence-corrected chi connectivity index (χ3v) is 6.05. The molecule has 1 atom stereocenters. The van der Waals surface area contributed by atoms with Crippen LogP contribution in [0.1, 0.15) is 63.0 Å². The molecule has 0 aromatic heterocycles. The van der Waals surface area contributed by atoms with Crippen LogP contribution >= 0.6 is 0 Å². The summed E-state index contributed by atoms with van der Waals surface area (Å²) < 4.78 is 12.9. The first kappa shape index (κ1) is 18.4. The van der Waals surface area contributed by atoms with Crippen LogP contribution in [0.4, 0.5) is 4.39 Å². The normalized spacial score (nSPS) is 25.1. The zero-order chi connectivity index (χ0) is 17.9. The van der Waals surface area contributed by atoms with Crippen molar-refractivity contribution in [3.8, 4) is 0 Å². The maximum absolute atomic E-state index is 12.9. The molecule has 1 aromatic carbocycles. The van der Waals surface area contributed by atoms with Crippen LogP contribution in [0.2, 0.25) is 0 Å². The van der Waals surface area contributed by atoms with E-state index in [0.717, 1.165) is 45.3 Å². The van der Waals surface area contributed by atoms with Crippen LogP contribution in [-0.2, 0) is 11.3 Å². The van der Waals surface area contributed by atoms with Gasteiger partial charge in [0.25, 0.3) is 0 Å². The summed E-state index contributed by atoms with van der Waals surface area (Å²) >= 11 is 0. The van der Waals surface area contributed by atoms with E-state index in [1.807, 2.05) is 4.90 Å². The summed E-state index contributed by atoms with van der Waals surface area (Å²) in [6.45, 7) is 7.29. The molecule has 25 heavy (non-hydrogen) atoms. The Morgan fingerprint density at radius 1 is 1.12 bits per heavy atom. The van der Waals surface area contributed by atoms with Gasteiger partial charge in [-0.1, -0.05) is 38.1 Å². The van der Waals surface area contributed by atoms with Gasteiger partial charge in [0, 0.05) is 31.6 Å². The molecular formula is C21H31FN2O. The highest BCUT2D eigenvalue weighted by atomic mass is 19.1. The van der Waals surface area contributed by atoms with Gasteiger partial charge >= 0.3 is 0 Å². The first-order valence-corrected chi connectivity index (χ1v) is 9.72. The summed E-state index contributed by atoms with van der Waals surface area (Å²) in [6, 6.07) is 8.95. The van der Waals surface area contributed by atoms with Gasteiger partial charge in [-0.05, 0) is 49.3 Å². The highest BCUT2D eigenvalue weighted by molar-refractivity contribution is 5.79. The highest BCUT2D eigenvalue weighted by Crippen LogP contribution is 2.39. The van der Waals surface area contributed by atoms with Gasteiger partial charge in [0.2, 0.25) is 5.91 Å². The lowest BCUT2D eigenvalue weighted by atomic mass is 9.88. The van der Waals surface area contributed by atoms with Crippen molar-refractivity contribution < 1.29 is 9.18 Å². The molecule has 4 heteroatoms. The van der Waals surface area contributed by atoms with E-state index < -0.39 is 6.67 Å². The van der Waals surface area contributed by atoms with Crippen molar-refractivity contribution >= 4 is 5.91 Å². The quantitative estimate of drug-likeness (QED) is 0.800. The lowest BCUT2D eigenvalue weighted by Crippen LogP contribution is -2.47. The second kappa shape index (κ2) is 7.86. The molecule has 3 nitrogen and oxygen atoms in total. The molecule has 2 fully saturated rings. The van der Waals surface area contributed by atoms with Gasteiger partial charge in [-0.25, -0.2) is 4.39 Å². The fourth-order valence-electron chi connectivity index (χ4n) is 4.50. The van der Waals surface area contributed by atoms with Gasteiger partial charge in [0.15, 0.2) is 0 Å². The Bertz CT molecular complexity index is 586. The molecular weight excluding hydrogens is 315 g/mol. The maximum atomic E-state index is 12.9. The lowest BCUT2D eigenvalue weighted by molar-refractivity contribution is -0.131. The number of amides is 1. The van der Waals surface area contributed by atoms with Crippen molar-refractivity contribution in [3.63, 3.8) is 0 Å². The number of nitrogens with zero attached hydrogens (tertiary/aromatic N) is 2. The largest absolute Gasteiger partial charge is 0.334 e. The van der Waals surface area contributed by atoms with Crippen molar-refractivity contribution in [1.82, 2.24) is 9.80 Å². The zero-order valence-corrected chi connectivity index (χ0v) is 15.6. The Hall–Kier alpha value is -1.42. The Morgan fingerprint density at radius 3 is 2.56 bits per heavy atom. The molecule has 0 aliphatic carbocycles. The minimum atomic E-state index is -0.431. The van der Waals surface area contributed by atoms with Gasteiger partial charge < -0.3 is 4.90 Å². The fraction of sp³-hybridized carbons (Fsp3) is 0.667. The molecule has 1 aromatic rings.